The van der Waals surface area contributed by atoms with Crippen LogP contribution in [-0.4, -0.2) is 27.5 Å². The maximum atomic E-state index is 12.6. The second-order valence-electron chi connectivity index (χ2n) is 6.87. The minimum absolute atomic E-state index is 0.130. The summed E-state index contributed by atoms with van der Waals surface area (Å²) in [5.74, 6) is 0.630. The van der Waals surface area contributed by atoms with Gasteiger partial charge in [0.25, 0.3) is 5.56 Å². The van der Waals surface area contributed by atoms with Gasteiger partial charge in [-0.25, -0.2) is 0 Å². The minimum Gasteiger partial charge on any atom is -0.494 e. The van der Waals surface area contributed by atoms with Gasteiger partial charge in [0.05, 0.1) is 17.5 Å². The van der Waals surface area contributed by atoms with Crippen LogP contribution in [0.1, 0.15) is 25.0 Å². The summed E-state index contributed by atoms with van der Waals surface area (Å²) in [4.78, 5) is 24.9. The third kappa shape index (κ3) is 5.89. The zero-order chi connectivity index (χ0) is 22.4. The molecule has 0 saturated carbocycles. The number of rotatable bonds is 8. The Labute approximate surface area is 190 Å². The van der Waals surface area contributed by atoms with Crippen LogP contribution in [0.2, 0.25) is 5.02 Å². The maximum absolute atomic E-state index is 12.6. The molecule has 0 aliphatic rings. The van der Waals surface area contributed by atoms with Crippen molar-refractivity contribution in [3.8, 4) is 11.4 Å². The lowest BCUT2D eigenvalue weighted by atomic mass is 10.2. The van der Waals surface area contributed by atoms with E-state index < -0.39 is 5.25 Å². The van der Waals surface area contributed by atoms with Gasteiger partial charge in [-0.2, -0.15) is 9.78 Å². The topological polar surface area (TPSA) is 73.2 Å². The molecular formula is C23H24ClN3O3S. The van der Waals surface area contributed by atoms with E-state index >= 15 is 0 Å². The largest absolute Gasteiger partial charge is 0.494 e. The molecule has 0 saturated heterocycles. The van der Waals surface area contributed by atoms with Gasteiger partial charge in [-0.3, -0.25) is 9.59 Å². The van der Waals surface area contributed by atoms with Crippen LogP contribution in [0.15, 0.2) is 64.4 Å². The van der Waals surface area contributed by atoms with E-state index in [4.69, 9.17) is 16.3 Å². The number of aryl methyl sites for hydroxylation is 1. The zero-order valence-electron chi connectivity index (χ0n) is 17.6. The molecule has 1 aromatic heterocycles. The Morgan fingerprint density at radius 3 is 2.74 bits per heavy atom. The lowest BCUT2D eigenvalue weighted by Crippen LogP contribution is -2.31. The first-order valence-electron chi connectivity index (χ1n) is 9.91. The third-order valence-electron chi connectivity index (χ3n) is 4.57. The van der Waals surface area contributed by atoms with Crippen LogP contribution in [0, 0.1) is 6.92 Å². The molecule has 162 valence electrons. The van der Waals surface area contributed by atoms with Crippen molar-refractivity contribution in [3.63, 3.8) is 0 Å². The summed E-state index contributed by atoms with van der Waals surface area (Å²) < 4.78 is 6.89. The van der Waals surface area contributed by atoms with Gasteiger partial charge in [-0.1, -0.05) is 47.6 Å². The van der Waals surface area contributed by atoms with Crippen molar-refractivity contribution < 1.29 is 9.53 Å². The molecule has 3 aromatic rings. The number of carbonyl (C=O) groups is 1. The molecule has 0 unspecified atom stereocenters. The first kappa shape index (κ1) is 22.9. The number of benzene rings is 2. The molecule has 8 heteroatoms. The Balaban J connectivity index is 1.69. The maximum Gasteiger partial charge on any atom is 0.271 e. The number of amides is 1. The number of hydrogen-bond donors (Lipinski definition) is 1. The summed E-state index contributed by atoms with van der Waals surface area (Å²) in [7, 11) is 0. The molecule has 1 atom stereocenters. The SMILES string of the molecule is CCOc1ccccc1CNC(=O)[C@@H](C)Sc1ccc(=O)n(-c2ccc(C)c(Cl)c2)n1. The van der Waals surface area contributed by atoms with E-state index in [0.717, 1.165) is 16.9 Å². The van der Waals surface area contributed by atoms with Crippen LogP contribution >= 0.6 is 23.4 Å². The predicted molar refractivity (Wildman–Crippen MR) is 124 cm³/mol. The molecule has 1 heterocycles. The van der Waals surface area contributed by atoms with Gasteiger partial charge in [-0.15, -0.1) is 0 Å². The van der Waals surface area contributed by atoms with E-state index in [9.17, 15) is 9.59 Å². The summed E-state index contributed by atoms with van der Waals surface area (Å²) in [6.45, 7) is 6.54. The predicted octanol–water partition coefficient (Wildman–Crippen LogP) is 4.39. The van der Waals surface area contributed by atoms with Crippen molar-refractivity contribution >= 4 is 29.3 Å². The van der Waals surface area contributed by atoms with Gasteiger partial charge in [0.2, 0.25) is 5.91 Å². The smallest absolute Gasteiger partial charge is 0.271 e. The number of aromatic nitrogens is 2. The Morgan fingerprint density at radius 2 is 2.00 bits per heavy atom. The van der Waals surface area contributed by atoms with Crippen molar-refractivity contribution in [2.75, 3.05) is 6.61 Å². The normalized spacial score (nSPS) is 11.7. The number of para-hydroxylation sites is 1. The van der Waals surface area contributed by atoms with Crippen molar-refractivity contribution in [3.05, 3.63) is 81.1 Å². The van der Waals surface area contributed by atoms with Crippen LogP contribution in [0.4, 0.5) is 0 Å². The Kier molecular flexibility index (Phi) is 7.76. The average molecular weight is 458 g/mol. The van der Waals surface area contributed by atoms with Gasteiger partial charge in [0, 0.05) is 23.2 Å². The highest BCUT2D eigenvalue weighted by Crippen LogP contribution is 2.23. The summed E-state index contributed by atoms with van der Waals surface area (Å²) >= 11 is 7.47. The number of thioether (sulfide) groups is 1. The van der Waals surface area contributed by atoms with E-state index in [1.807, 2.05) is 44.2 Å². The molecule has 1 N–H and O–H groups in total. The summed E-state index contributed by atoms with van der Waals surface area (Å²) in [6, 6.07) is 16.0. The number of nitrogens with zero attached hydrogens (tertiary/aromatic N) is 2. The van der Waals surface area contributed by atoms with Gasteiger partial charge in [-0.05, 0) is 50.6 Å². The van der Waals surface area contributed by atoms with Gasteiger partial charge in [0.1, 0.15) is 10.8 Å². The average Bonchev–Trinajstić information content (AvgIpc) is 2.76. The second kappa shape index (κ2) is 10.5. The van der Waals surface area contributed by atoms with E-state index in [1.54, 1.807) is 25.1 Å². The Morgan fingerprint density at radius 1 is 1.23 bits per heavy atom. The lowest BCUT2D eigenvalue weighted by molar-refractivity contribution is -0.120. The van der Waals surface area contributed by atoms with Crippen LogP contribution in [0.5, 0.6) is 5.75 Å². The molecule has 31 heavy (non-hydrogen) atoms. The number of halogens is 1. The first-order chi connectivity index (χ1) is 14.9. The molecular weight excluding hydrogens is 434 g/mol. The molecule has 3 rings (SSSR count). The van der Waals surface area contributed by atoms with Gasteiger partial charge < -0.3 is 10.1 Å². The molecule has 1 amide bonds. The van der Waals surface area contributed by atoms with Crippen molar-refractivity contribution in [1.29, 1.82) is 0 Å². The standard InChI is InChI=1S/C23H24ClN3O3S/c1-4-30-20-8-6-5-7-17(20)14-25-23(29)16(3)31-21-11-12-22(28)27(26-21)18-10-9-15(2)19(24)13-18/h5-13,16H,4,14H2,1-3H3,(H,25,29)/t16-/m1/s1. The van der Waals surface area contributed by atoms with Crippen LogP contribution in [0.3, 0.4) is 0 Å². The van der Waals surface area contributed by atoms with Crippen molar-refractivity contribution in [2.45, 2.75) is 37.6 Å². The molecule has 0 bridgehead atoms. The van der Waals surface area contributed by atoms with E-state index in [0.29, 0.717) is 28.9 Å². The Hall–Kier alpha value is -2.77. The quantitative estimate of drug-likeness (QED) is 0.508. The molecule has 0 aliphatic heterocycles. The lowest BCUT2D eigenvalue weighted by Gasteiger charge is -2.14. The van der Waals surface area contributed by atoms with Gasteiger partial charge in [0.15, 0.2) is 0 Å². The molecule has 0 aliphatic carbocycles. The van der Waals surface area contributed by atoms with Crippen LogP contribution in [-0.2, 0) is 11.3 Å². The summed E-state index contributed by atoms with van der Waals surface area (Å²) in [6.07, 6.45) is 0. The molecule has 0 fully saturated rings. The molecule has 2 aromatic carbocycles. The molecule has 0 radical (unpaired) electrons. The fourth-order valence-corrected chi connectivity index (χ4v) is 3.87. The van der Waals surface area contributed by atoms with Gasteiger partial charge >= 0.3 is 0 Å². The van der Waals surface area contributed by atoms with E-state index in [-0.39, 0.29) is 11.5 Å². The fraction of sp³-hybridized carbons (Fsp3) is 0.261. The van der Waals surface area contributed by atoms with E-state index in [1.165, 1.54) is 22.5 Å². The van der Waals surface area contributed by atoms with Crippen LogP contribution in [0.25, 0.3) is 5.69 Å². The van der Waals surface area contributed by atoms with Crippen molar-refractivity contribution in [2.24, 2.45) is 0 Å². The highest BCUT2D eigenvalue weighted by molar-refractivity contribution is 8.00. The number of nitrogens with one attached hydrogen (secondary N) is 1. The number of carbonyl (C=O) groups excluding carboxylic acids is 1. The monoisotopic (exact) mass is 457 g/mol. The second-order valence-corrected chi connectivity index (χ2v) is 8.64. The minimum atomic E-state index is -0.403. The van der Waals surface area contributed by atoms with Crippen molar-refractivity contribution in [1.82, 2.24) is 15.1 Å². The first-order valence-corrected chi connectivity index (χ1v) is 11.2. The third-order valence-corrected chi connectivity index (χ3v) is 6.00. The summed E-state index contributed by atoms with van der Waals surface area (Å²) in [5, 5.41) is 8.06. The highest BCUT2D eigenvalue weighted by Gasteiger charge is 2.17. The Bertz CT molecular complexity index is 1130. The summed E-state index contributed by atoms with van der Waals surface area (Å²) in [5.41, 5.74) is 2.14. The number of ether oxygens (including phenoxy) is 1. The molecule has 6 nitrogen and oxygen atoms in total. The zero-order valence-corrected chi connectivity index (χ0v) is 19.2. The fourth-order valence-electron chi connectivity index (χ4n) is 2.86. The van der Waals surface area contributed by atoms with Crippen LogP contribution < -0.4 is 15.6 Å². The molecule has 0 spiro atoms. The highest BCUT2D eigenvalue weighted by atomic mass is 35.5. The number of hydrogen-bond acceptors (Lipinski definition) is 5. The van der Waals surface area contributed by atoms with E-state index in [2.05, 4.69) is 10.4 Å².